The summed E-state index contributed by atoms with van der Waals surface area (Å²) in [6.07, 6.45) is 1.97. The zero-order chi connectivity index (χ0) is 15.1. The molecule has 0 aromatic carbocycles. The van der Waals surface area contributed by atoms with Gasteiger partial charge in [0.2, 0.25) is 5.91 Å². The Balaban J connectivity index is 4.06. The fourth-order valence-corrected chi connectivity index (χ4v) is 1.70. The number of nitrogens with zero attached hydrogens (tertiary/aromatic N) is 1. The third-order valence-electron chi connectivity index (χ3n) is 3.64. The van der Waals surface area contributed by atoms with Gasteiger partial charge in [0, 0.05) is 13.0 Å². The van der Waals surface area contributed by atoms with Gasteiger partial charge in [0.1, 0.15) is 0 Å². The predicted octanol–water partition coefficient (Wildman–Crippen LogP) is 1.58. The first kappa shape index (κ1) is 17.9. The van der Waals surface area contributed by atoms with Crippen molar-refractivity contribution in [3.05, 3.63) is 0 Å². The molecular weight excluding hydrogens is 244 g/mol. The molecule has 0 radical (unpaired) electrons. The van der Waals surface area contributed by atoms with E-state index in [0.29, 0.717) is 6.54 Å². The molecule has 1 unspecified atom stereocenters. The van der Waals surface area contributed by atoms with Crippen molar-refractivity contribution in [2.24, 2.45) is 11.3 Å². The lowest BCUT2D eigenvalue weighted by atomic mass is 9.76. The van der Waals surface area contributed by atoms with Gasteiger partial charge in [-0.2, -0.15) is 0 Å². The van der Waals surface area contributed by atoms with Gasteiger partial charge in [0.15, 0.2) is 0 Å². The summed E-state index contributed by atoms with van der Waals surface area (Å²) in [4.78, 5) is 25.1. The largest absolute Gasteiger partial charge is 0.481 e. The Hall–Kier alpha value is -1.10. The van der Waals surface area contributed by atoms with Crippen molar-refractivity contribution < 1.29 is 14.7 Å². The highest BCUT2D eigenvalue weighted by atomic mass is 16.4. The SMILES string of the molecule is CC(C)C(C)(CC(=O)NCCCCN(C)C)C(=O)O. The van der Waals surface area contributed by atoms with Gasteiger partial charge in [0.25, 0.3) is 0 Å². The van der Waals surface area contributed by atoms with E-state index in [1.165, 1.54) is 0 Å². The van der Waals surface area contributed by atoms with Gasteiger partial charge in [-0.05, 0) is 46.3 Å². The van der Waals surface area contributed by atoms with Crippen LogP contribution >= 0.6 is 0 Å². The molecule has 5 nitrogen and oxygen atoms in total. The maximum atomic E-state index is 11.8. The fraction of sp³-hybridized carbons (Fsp3) is 0.857. The van der Waals surface area contributed by atoms with Gasteiger partial charge in [-0.3, -0.25) is 9.59 Å². The summed E-state index contributed by atoms with van der Waals surface area (Å²) >= 11 is 0. The van der Waals surface area contributed by atoms with Gasteiger partial charge in [-0.15, -0.1) is 0 Å². The van der Waals surface area contributed by atoms with E-state index >= 15 is 0 Å². The van der Waals surface area contributed by atoms with E-state index in [4.69, 9.17) is 0 Å². The number of hydrogen-bond donors (Lipinski definition) is 2. The predicted molar refractivity (Wildman–Crippen MR) is 76.0 cm³/mol. The van der Waals surface area contributed by atoms with Crippen LogP contribution in [-0.4, -0.2) is 49.1 Å². The topological polar surface area (TPSA) is 69.6 Å². The van der Waals surface area contributed by atoms with E-state index in [1.807, 2.05) is 27.9 Å². The quantitative estimate of drug-likeness (QED) is 0.625. The summed E-state index contributed by atoms with van der Waals surface area (Å²) in [5.74, 6) is -1.17. The molecule has 0 aliphatic heterocycles. The number of hydrogen-bond acceptors (Lipinski definition) is 3. The Labute approximate surface area is 116 Å². The second-order valence-electron chi connectivity index (χ2n) is 5.91. The Morgan fingerprint density at radius 1 is 1.26 bits per heavy atom. The van der Waals surface area contributed by atoms with Gasteiger partial charge < -0.3 is 15.3 Å². The van der Waals surface area contributed by atoms with Gasteiger partial charge in [-0.25, -0.2) is 0 Å². The molecule has 0 aromatic heterocycles. The average molecular weight is 272 g/mol. The van der Waals surface area contributed by atoms with Crippen molar-refractivity contribution in [1.29, 1.82) is 0 Å². The molecule has 2 N–H and O–H groups in total. The standard InChI is InChI=1S/C14H28N2O3/c1-11(2)14(3,13(18)19)10-12(17)15-8-6-7-9-16(4)5/h11H,6-10H2,1-5H3,(H,15,17)(H,18,19). The molecule has 0 saturated carbocycles. The van der Waals surface area contributed by atoms with E-state index in [0.717, 1.165) is 19.4 Å². The third-order valence-corrected chi connectivity index (χ3v) is 3.64. The summed E-state index contributed by atoms with van der Waals surface area (Å²) < 4.78 is 0. The van der Waals surface area contributed by atoms with Crippen molar-refractivity contribution in [3.63, 3.8) is 0 Å². The van der Waals surface area contributed by atoms with Crippen LogP contribution in [0.1, 0.15) is 40.0 Å². The van der Waals surface area contributed by atoms with Crippen LogP contribution in [0.5, 0.6) is 0 Å². The van der Waals surface area contributed by atoms with Crippen LogP contribution in [0, 0.1) is 11.3 Å². The van der Waals surface area contributed by atoms with Gasteiger partial charge >= 0.3 is 5.97 Å². The summed E-state index contributed by atoms with van der Waals surface area (Å²) in [7, 11) is 4.03. The van der Waals surface area contributed by atoms with Crippen molar-refractivity contribution in [2.75, 3.05) is 27.2 Å². The van der Waals surface area contributed by atoms with E-state index in [9.17, 15) is 14.7 Å². The Kier molecular flexibility index (Phi) is 7.68. The molecule has 19 heavy (non-hydrogen) atoms. The highest BCUT2D eigenvalue weighted by molar-refractivity contribution is 5.84. The number of carbonyl (C=O) groups is 2. The van der Waals surface area contributed by atoms with Crippen LogP contribution in [-0.2, 0) is 9.59 Å². The maximum Gasteiger partial charge on any atom is 0.310 e. The Morgan fingerprint density at radius 2 is 1.84 bits per heavy atom. The number of unbranched alkanes of at least 4 members (excludes halogenated alkanes) is 1. The smallest absolute Gasteiger partial charge is 0.310 e. The first-order chi connectivity index (χ1) is 8.70. The lowest BCUT2D eigenvalue weighted by molar-refractivity contribution is -0.153. The number of carboxylic acid groups (broad SMARTS) is 1. The normalized spacial score (nSPS) is 14.5. The van der Waals surface area contributed by atoms with Crippen LogP contribution in [0.4, 0.5) is 0 Å². The second-order valence-corrected chi connectivity index (χ2v) is 5.91. The van der Waals surface area contributed by atoms with Crippen LogP contribution < -0.4 is 5.32 Å². The highest BCUT2D eigenvalue weighted by Crippen LogP contribution is 2.31. The number of carboxylic acids is 1. The number of nitrogens with one attached hydrogen (secondary N) is 1. The highest BCUT2D eigenvalue weighted by Gasteiger charge is 2.38. The molecule has 1 amide bonds. The molecule has 0 rings (SSSR count). The van der Waals surface area contributed by atoms with Crippen molar-refractivity contribution in [2.45, 2.75) is 40.0 Å². The molecule has 0 fully saturated rings. The molecule has 0 bridgehead atoms. The molecule has 0 heterocycles. The van der Waals surface area contributed by atoms with Gasteiger partial charge in [0.05, 0.1) is 5.41 Å². The number of rotatable bonds is 9. The minimum absolute atomic E-state index is 0.0354. The second kappa shape index (κ2) is 8.15. The molecule has 0 aliphatic carbocycles. The first-order valence-corrected chi connectivity index (χ1v) is 6.85. The minimum atomic E-state index is -0.992. The van der Waals surface area contributed by atoms with Crippen molar-refractivity contribution >= 4 is 11.9 Å². The number of amides is 1. The van der Waals surface area contributed by atoms with Crippen LogP contribution in [0.25, 0.3) is 0 Å². The molecule has 1 atom stereocenters. The van der Waals surface area contributed by atoms with Crippen molar-refractivity contribution in [3.8, 4) is 0 Å². The molecule has 0 spiro atoms. The minimum Gasteiger partial charge on any atom is -0.481 e. The maximum absolute atomic E-state index is 11.8. The molecule has 0 saturated heterocycles. The summed E-state index contributed by atoms with van der Waals surface area (Å²) in [5, 5.41) is 12.0. The Morgan fingerprint density at radius 3 is 2.26 bits per heavy atom. The number of carbonyl (C=O) groups excluding carboxylic acids is 1. The molecule has 5 heteroatoms. The van der Waals surface area contributed by atoms with E-state index in [2.05, 4.69) is 10.2 Å². The fourth-order valence-electron chi connectivity index (χ4n) is 1.70. The zero-order valence-electron chi connectivity index (χ0n) is 12.8. The van der Waals surface area contributed by atoms with Crippen molar-refractivity contribution in [1.82, 2.24) is 10.2 Å². The summed E-state index contributed by atoms with van der Waals surface area (Å²) in [6, 6.07) is 0. The van der Waals surface area contributed by atoms with Gasteiger partial charge in [-0.1, -0.05) is 13.8 Å². The van der Waals surface area contributed by atoms with Crippen LogP contribution in [0.2, 0.25) is 0 Å². The molecule has 0 aromatic rings. The lowest BCUT2D eigenvalue weighted by Gasteiger charge is -2.28. The summed E-state index contributed by atoms with van der Waals surface area (Å²) in [6.45, 7) is 6.90. The molecule has 112 valence electrons. The monoisotopic (exact) mass is 272 g/mol. The third kappa shape index (κ3) is 6.57. The Bertz CT molecular complexity index is 303. The van der Waals surface area contributed by atoms with Crippen LogP contribution in [0.3, 0.4) is 0 Å². The molecule has 0 aliphatic rings. The summed E-state index contributed by atoms with van der Waals surface area (Å²) in [5.41, 5.74) is -0.992. The average Bonchev–Trinajstić information content (AvgIpc) is 2.27. The van der Waals surface area contributed by atoms with E-state index in [-0.39, 0.29) is 18.2 Å². The zero-order valence-corrected chi connectivity index (χ0v) is 12.8. The first-order valence-electron chi connectivity index (χ1n) is 6.85. The van der Waals surface area contributed by atoms with E-state index in [1.54, 1.807) is 6.92 Å². The number of aliphatic carboxylic acids is 1. The lowest BCUT2D eigenvalue weighted by Crippen LogP contribution is -2.39. The van der Waals surface area contributed by atoms with Crippen LogP contribution in [0.15, 0.2) is 0 Å². The van der Waals surface area contributed by atoms with E-state index < -0.39 is 11.4 Å². The molecular formula is C14H28N2O3.